The van der Waals surface area contributed by atoms with Crippen molar-refractivity contribution in [2.75, 3.05) is 13.7 Å². The van der Waals surface area contributed by atoms with Gasteiger partial charge in [0, 0.05) is 7.11 Å². The average Bonchev–Trinajstić information content (AvgIpc) is 2.11. The van der Waals surface area contributed by atoms with E-state index < -0.39 is 29.4 Å². The molecule has 0 radical (unpaired) electrons. The first kappa shape index (κ1) is 14.9. The second-order valence-electron chi connectivity index (χ2n) is 4.71. The molecule has 0 aromatic heterocycles. The number of carboxylic acid groups (broad SMARTS) is 1. The molecule has 6 heteroatoms. The summed E-state index contributed by atoms with van der Waals surface area (Å²) in [5, 5.41) is 11.4. The lowest BCUT2D eigenvalue weighted by Gasteiger charge is -2.28. The van der Waals surface area contributed by atoms with Crippen LogP contribution >= 0.6 is 0 Å². The van der Waals surface area contributed by atoms with Gasteiger partial charge in [-0.2, -0.15) is 0 Å². The fourth-order valence-corrected chi connectivity index (χ4v) is 1.15. The normalized spacial score (nSPS) is 15.3. The first-order valence-corrected chi connectivity index (χ1v) is 4.98. The van der Waals surface area contributed by atoms with Crippen molar-refractivity contribution < 1.29 is 19.4 Å². The molecular formula is C10H20N2O4. The van der Waals surface area contributed by atoms with Crippen LogP contribution in [0, 0.1) is 5.41 Å². The van der Waals surface area contributed by atoms with Gasteiger partial charge in [0.25, 0.3) is 0 Å². The average molecular weight is 232 g/mol. The summed E-state index contributed by atoms with van der Waals surface area (Å²) in [6, 6.07) is -1.82. The van der Waals surface area contributed by atoms with Crippen molar-refractivity contribution in [2.24, 2.45) is 11.1 Å². The third-order valence-corrected chi connectivity index (χ3v) is 2.08. The van der Waals surface area contributed by atoms with Gasteiger partial charge in [0.2, 0.25) is 5.91 Å². The monoisotopic (exact) mass is 232 g/mol. The molecule has 1 unspecified atom stereocenters. The fourth-order valence-electron chi connectivity index (χ4n) is 1.15. The van der Waals surface area contributed by atoms with Gasteiger partial charge in [-0.15, -0.1) is 0 Å². The molecule has 16 heavy (non-hydrogen) atoms. The van der Waals surface area contributed by atoms with Gasteiger partial charge in [-0.1, -0.05) is 20.8 Å². The molecule has 0 saturated carbocycles. The highest BCUT2D eigenvalue weighted by molar-refractivity contribution is 5.87. The van der Waals surface area contributed by atoms with Crippen LogP contribution in [0.2, 0.25) is 0 Å². The third-order valence-electron chi connectivity index (χ3n) is 2.08. The number of ether oxygens (including phenoxy) is 1. The van der Waals surface area contributed by atoms with Crippen LogP contribution in [-0.2, 0) is 14.3 Å². The second-order valence-corrected chi connectivity index (χ2v) is 4.71. The molecule has 0 saturated heterocycles. The number of carbonyl (C=O) groups excluding carboxylic acids is 1. The minimum Gasteiger partial charge on any atom is -0.480 e. The third kappa shape index (κ3) is 4.59. The Bertz CT molecular complexity index is 260. The highest BCUT2D eigenvalue weighted by Crippen LogP contribution is 2.19. The maximum absolute atomic E-state index is 11.5. The van der Waals surface area contributed by atoms with E-state index >= 15 is 0 Å². The maximum Gasteiger partial charge on any atom is 0.326 e. The van der Waals surface area contributed by atoms with Gasteiger partial charge >= 0.3 is 5.97 Å². The van der Waals surface area contributed by atoms with Crippen molar-refractivity contribution >= 4 is 11.9 Å². The highest BCUT2D eigenvalue weighted by Gasteiger charge is 2.33. The topological polar surface area (TPSA) is 102 Å². The van der Waals surface area contributed by atoms with Gasteiger partial charge in [0.15, 0.2) is 0 Å². The Morgan fingerprint density at radius 3 is 2.25 bits per heavy atom. The molecular weight excluding hydrogens is 212 g/mol. The molecule has 0 aromatic rings. The van der Waals surface area contributed by atoms with E-state index in [4.69, 9.17) is 15.6 Å². The summed E-state index contributed by atoms with van der Waals surface area (Å²) in [5.74, 6) is -1.60. The van der Waals surface area contributed by atoms with Crippen LogP contribution in [0.25, 0.3) is 0 Å². The zero-order valence-corrected chi connectivity index (χ0v) is 10.1. The Labute approximate surface area is 95.1 Å². The van der Waals surface area contributed by atoms with Gasteiger partial charge in [-0.25, -0.2) is 4.79 Å². The lowest BCUT2D eigenvalue weighted by Crippen LogP contribution is -2.54. The Morgan fingerprint density at radius 2 is 1.94 bits per heavy atom. The van der Waals surface area contributed by atoms with Crippen LogP contribution in [0.5, 0.6) is 0 Å². The molecule has 0 aliphatic carbocycles. The highest BCUT2D eigenvalue weighted by atomic mass is 16.5. The van der Waals surface area contributed by atoms with Gasteiger partial charge in [0.1, 0.15) is 12.1 Å². The van der Waals surface area contributed by atoms with Crippen molar-refractivity contribution in [1.29, 1.82) is 0 Å². The van der Waals surface area contributed by atoms with E-state index in [1.54, 1.807) is 20.8 Å². The molecule has 0 bridgehead atoms. The number of methoxy groups -OCH3 is 1. The van der Waals surface area contributed by atoms with Crippen LogP contribution in [0.15, 0.2) is 0 Å². The van der Waals surface area contributed by atoms with Gasteiger partial charge in [-0.05, 0) is 5.41 Å². The van der Waals surface area contributed by atoms with Crippen molar-refractivity contribution in [3.8, 4) is 0 Å². The molecule has 2 atom stereocenters. The van der Waals surface area contributed by atoms with Gasteiger partial charge < -0.3 is 20.9 Å². The first-order chi connectivity index (χ1) is 7.20. The lowest BCUT2D eigenvalue weighted by molar-refractivity contribution is -0.145. The number of carboxylic acids is 1. The van der Waals surface area contributed by atoms with E-state index in [-0.39, 0.29) is 6.61 Å². The number of aliphatic carboxylic acids is 1. The van der Waals surface area contributed by atoms with Gasteiger partial charge in [-0.3, -0.25) is 4.79 Å². The summed E-state index contributed by atoms with van der Waals surface area (Å²) >= 11 is 0. The van der Waals surface area contributed by atoms with E-state index in [0.29, 0.717) is 0 Å². The molecule has 0 aromatic carbocycles. The van der Waals surface area contributed by atoms with Crippen LogP contribution in [-0.4, -0.2) is 42.8 Å². The number of hydrogen-bond donors (Lipinski definition) is 3. The summed E-state index contributed by atoms with van der Waals surface area (Å²) in [5.41, 5.74) is 4.91. The van der Waals surface area contributed by atoms with E-state index in [1.165, 1.54) is 7.11 Å². The van der Waals surface area contributed by atoms with Crippen LogP contribution in [0.4, 0.5) is 0 Å². The number of hydrogen-bond acceptors (Lipinski definition) is 4. The summed E-state index contributed by atoms with van der Waals surface area (Å²) < 4.78 is 4.72. The zero-order valence-electron chi connectivity index (χ0n) is 10.1. The molecule has 0 aliphatic heterocycles. The predicted octanol–water partition coefficient (Wildman–Crippen LogP) is -0.424. The summed E-state index contributed by atoms with van der Waals surface area (Å²) in [6.07, 6.45) is 0. The summed E-state index contributed by atoms with van der Waals surface area (Å²) in [4.78, 5) is 22.5. The van der Waals surface area contributed by atoms with Crippen LogP contribution in [0.3, 0.4) is 0 Å². The molecule has 6 nitrogen and oxygen atoms in total. The minimum absolute atomic E-state index is 0.0579. The van der Waals surface area contributed by atoms with Crippen molar-refractivity contribution in [2.45, 2.75) is 32.9 Å². The van der Waals surface area contributed by atoms with Crippen molar-refractivity contribution in [3.63, 3.8) is 0 Å². The van der Waals surface area contributed by atoms with Crippen LogP contribution in [0.1, 0.15) is 20.8 Å². The molecule has 0 heterocycles. The molecule has 0 fully saturated rings. The molecule has 94 valence electrons. The second kappa shape index (κ2) is 5.81. The van der Waals surface area contributed by atoms with Crippen molar-refractivity contribution in [3.05, 3.63) is 0 Å². The predicted molar refractivity (Wildman–Crippen MR) is 58.9 cm³/mol. The fraction of sp³-hybridized carbons (Fsp3) is 0.800. The van der Waals surface area contributed by atoms with E-state index in [2.05, 4.69) is 5.32 Å². The quantitative estimate of drug-likeness (QED) is 0.597. The number of nitrogens with two attached hydrogens (primary N) is 1. The molecule has 4 N–H and O–H groups in total. The SMILES string of the molecule is COCC(N)C(=O)N[C@H](C(=O)O)C(C)(C)C. The number of nitrogens with one attached hydrogen (secondary N) is 1. The Kier molecular flexibility index (Phi) is 5.40. The Morgan fingerprint density at radius 1 is 1.44 bits per heavy atom. The Balaban J connectivity index is 4.54. The number of amides is 1. The number of rotatable bonds is 5. The standard InChI is InChI=1S/C10H20N2O4/c1-10(2,3)7(9(14)15)12-8(13)6(11)5-16-4/h6-7H,5,11H2,1-4H3,(H,12,13)(H,14,15)/t6?,7-/m1/s1. The zero-order chi connectivity index (χ0) is 12.9. The molecule has 1 amide bonds. The van der Waals surface area contributed by atoms with Crippen molar-refractivity contribution in [1.82, 2.24) is 5.32 Å². The lowest BCUT2D eigenvalue weighted by atomic mass is 9.86. The summed E-state index contributed by atoms with van der Waals surface area (Å²) in [6.45, 7) is 5.25. The van der Waals surface area contributed by atoms with Crippen LogP contribution < -0.4 is 11.1 Å². The first-order valence-electron chi connectivity index (χ1n) is 4.98. The van der Waals surface area contributed by atoms with E-state index in [1.807, 2.05) is 0 Å². The molecule has 0 spiro atoms. The number of carbonyl (C=O) groups is 2. The smallest absolute Gasteiger partial charge is 0.326 e. The Hall–Kier alpha value is -1.14. The van der Waals surface area contributed by atoms with E-state index in [9.17, 15) is 9.59 Å². The summed E-state index contributed by atoms with van der Waals surface area (Å²) in [7, 11) is 1.42. The van der Waals surface area contributed by atoms with Gasteiger partial charge in [0.05, 0.1) is 6.61 Å². The molecule has 0 aliphatic rings. The largest absolute Gasteiger partial charge is 0.480 e. The van der Waals surface area contributed by atoms with E-state index in [0.717, 1.165) is 0 Å². The maximum atomic E-state index is 11.5. The minimum atomic E-state index is -1.08. The molecule has 0 rings (SSSR count).